The minimum absolute atomic E-state index is 0.889. The number of para-hydroxylation sites is 1. The summed E-state index contributed by atoms with van der Waals surface area (Å²) in [6.45, 7) is 0. The molecule has 0 N–H and O–H groups in total. The Balaban J connectivity index is 1.33. The average Bonchev–Trinajstić information content (AvgIpc) is 3.47. The molecule has 0 radical (unpaired) electrons. The number of aromatic nitrogens is 1. The van der Waals surface area contributed by atoms with Gasteiger partial charge >= 0.3 is 0 Å². The maximum absolute atomic E-state index is 6.71. The maximum atomic E-state index is 6.71. The Morgan fingerprint density at radius 3 is 2.19 bits per heavy atom. The number of nitrogens with zero attached hydrogens (tertiary/aromatic N) is 2. The third kappa shape index (κ3) is 4.10. The van der Waals surface area contributed by atoms with Gasteiger partial charge in [0.15, 0.2) is 0 Å². The van der Waals surface area contributed by atoms with Crippen molar-refractivity contribution >= 4 is 44.1 Å². The van der Waals surface area contributed by atoms with Gasteiger partial charge < -0.3 is 9.32 Å². The number of rotatable bonds is 5. The van der Waals surface area contributed by atoms with Gasteiger partial charge in [0.05, 0.1) is 0 Å². The Bertz CT molecular complexity index is 2120. The zero-order chi connectivity index (χ0) is 27.9. The van der Waals surface area contributed by atoms with Gasteiger partial charge in [-0.25, -0.2) is 0 Å². The molecule has 0 saturated carbocycles. The Kier molecular flexibility index (Phi) is 5.93. The molecule has 0 saturated heterocycles. The summed E-state index contributed by atoms with van der Waals surface area (Å²) in [7, 11) is 0. The smallest absolute Gasteiger partial charge is 0.143 e. The highest BCUT2D eigenvalue weighted by Gasteiger charge is 2.20. The van der Waals surface area contributed by atoms with Crippen molar-refractivity contribution in [1.82, 2.24) is 4.98 Å². The predicted octanol–water partition coefficient (Wildman–Crippen LogP) is 10.8. The highest BCUT2D eigenvalue weighted by atomic mass is 16.3. The van der Waals surface area contributed by atoms with Crippen LogP contribution in [0.4, 0.5) is 11.4 Å². The van der Waals surface area contributed by atoms with E-state index in [1.807, 2.05) is 12.4 Å². The van der Waals surface area contributed by atoms with Crippen LogP contribution in [0.3, 0.4) is 0 Å². The van der Waals surface area contributed by atoms with Crippen LogP contribution in [-0.4, -0.2) is 4.98 Å². The van der Waals surface area contributed by atoms with E-state index in [9.17, 15) is 0 Å². The highest BCUT2D eigenvalue weighted by molar-refractivity contribution is 6.25. The highest BCUT2D eigenvalue weighted by Crippen LogP contribution is 2.44. The number of benzene rings is 5. The van der Waals surface area contributed by atoms with Crippen LogP contribution in [0.2, 0.25) is 0 Å². The van der Waals surface area contributed by atoms with E-state index in [2.05, 4.69) is 143 Å². The first-order chi connectivity index (χ1) is 20.8. The molecule has 3 nitrogen and oxygen atoms in total. The van der Waals surface area contributed by atoms with Crippen molar-refractivity contribution in [1.29, 1.82) is 0 Å². The summed E-state index contributed by atoms with van der Waals surface area (Å²) in [5, 5.41) is 4.68. The number of anilines is 2. The van der Waals surface area contributed by atoms with E-state index in [1.54, 1.807) is 0 Å². The van der Waals surface area contributed by atoms with Gasteiger partial charge in [0.2, 0.25) is 0 Å². The van der Waals surface area contributed by atoms with Crippen molar-refractivity contribution in [3.8, 4) is 22.3 Å². The average molecular weight is 541 g/mol. The molecule has 0 spiro atoms. The number of hydrogen-bond acceptors (Lipinski definition) is 3. The Morgan fingerprint density at radius 2 is 1.38 bits per heavy atom. The van der Waals surface area contributed by atoms with Crippen molar-refractivity contribution in [2.75, 3.05) is 4.90 Å². The standard InChI is InChI=1S/C39H28N2O/c1-3-11-30(12-4-1)41(31-13-5-2-6-14-31)32-20-18-27(19-21-32)35-26-29-10-7-8-15-34(29)38-37-33(28-22-24-40-25-23-28)16-9-17-36(37)42-39(35)38/h1,3-5,7-26H,2,6H2. The van der Waals surface area contributed by atoms with E-state index in [4.69, 9.17) is 4.42 Å². The van der Waals surface area contributed by atoms with E-state index < -0.39 is 0 Å². The van der Waals surface area contributed by atoms with Gasteiger partial charge in [0, 0.05) is 45.8 Å². The molecule has 0 aliphatic heterocycles. The molecular formula is C39H28N2O. The monoisotopic (exact) mass is 540 g/mol. The third-order valence-electron chi connectivity index (χ3n) is 8.17. The quantitative estimate of drug-likeness (QED) is 0.217. The zero-order valence-corrected chi connectivity index (χ0v) is 23.1. The number of fused-ring (bicyclic) bond motifs is 5. The lowest BCUT2D eigenvalue weighted by Gasteiger charge is -2.27. The summed E-state index contributed by atoms with van der Waals surface area (Å²) in [6, 6.07) is 40.8. The van der Waals surface area contributed by atoms with Crippen LogP contribution in [-0.2, 0) is 0 Å². The molecule has 0 fully saturated rings. The summed E-state index contributed by atoms with van der Waals surface area (Å²) in [5.41, 5.74) is 9.78. The minimum Gasteiger partial charge on any atom is -0.455 e. The predicted molar refractivity (Wildman–Crippen MR) is 175 cm³/mol. The zero-order valence-electron chi connectivity index (χ0n) is 23.1. The van der Waals surface area contributed by atoms with Crippen LogP contribution < -0.4 is 4.90 Å². The summed E-state index contributed by atoms with van der Waals surface area (Å²) in [6.07, 6.45) is 12.6. The topological polar surface area (TPSA) is 29.3 Å². The summed E-state index contributed by atoms with van der Waals surface area (Å²) < 4.78 is 6.71. The van der Waals surface area contributed by atoms with Crippen molar-refractivity contribution in [3.63, 3.8) is 0 Å². The van der Waals surface area contributed by atoms with Gasteiger partial charge in [-0.05, 0) is 94.9 Å². The lowest BCUT2D eigenvalue weighted by molar-refractivity contribution is 0.670. The first-order valence-corrected chi connectivity index (χ1v) is 14.4. The molecule has 3 heteroatoms. The molecule has 2 aromatic heterocycles. The Labute approximate surface area is 244 Å². The number of furan rings is 1. The lowest BCUT2D eigenvalue weighted by Crippen LogP contribution is -2.16. The van der Waals surface area contributed by atoms with E-state index >= 15 is 0 Å². The molecule has 1 aliphatic rings. The molecule has 1 aliphatic carbocycles. The molecule has 0 unspecified atom stereocenters. The molecule has 5 aromatic carbocycles. The largest absolute Gasteiger partial charge is 0.455 e. The first kappa shape index (κ1) is 24.4. The van der Waals surface area contributed by atoms with Crippen molar-refractivity contribution in [3.05, 3.63) is 152 Å². The Hall–Kier alpha value is -5.41. The van der Waals surface area contributed by atoms with Gasteiger partial charge in [-0.1, -0.05) is 78.9 Å². The van der Waals surface area contributed by atoms with E-state index in [-0.39, 0.29) is 0 Å². The van der Waals surface area contributed by atoms with Crippen LogP contribution in [0.5, 0.6) is 0 Å². The van der Waals surface area contributed by atoms with Crippen LogP contribution in [0, 0.1) is 0 Å². The molecule has 7 aromatic rings. The van der Waals surface area contributed by atoms with E-state index in [0.717, 1.165) is 68.4 Å². The second kappa shape index (κ2) is 10.2. The Morgan fingerprint density at radius 1 is 0.619 bits per heavy atom. The summed E-state index contributed by atoms with van der Waals surface area (Å²) in [5.74, 6) is 0. The van der Waals surface area contributed by atoms with Gasteiger partial charge in [0.1, 0.15) is 11.2 Å². The minimum atomic E-state index is 0.889. The molecule has 2 heterocycles. The second-order valence-corrected chi connectivity index (χ2v) is 10.7. The fourth-order valence-electron chi connectivity index (χ4n) is 6.23. The second-order valence-electron chi connectivity index (χ2n) is 10.7. The maximum Gasteiger partial charge on any atom is 0.143 e. The number of pyridine rings is 1. The lowest BCUT2D eigenvalue weighted by atomic mass is 9.93. The molecule has 42 heavy (non-hydrogen) atoms. The van der Waals surface area contributed by atoms with Crippen LogP contribution in [0.25, 0.3) is 55.0 Å². The van der Waals surface area contributed by atoms with Crippen LogP contribution in [0.15, 0.2) is 156 Å². The SMILES string of the molecule is C1=CC(N(c2ccccc2)c2ccc(-c3cc4ccccc4c4c3oc3cccc(-c5ccncc5)c34)cc2)=CCC1. The van der Waals surface area contributed by atoms with Gasteiger partial charge in [-0.3, -0.25) is 4.98 Å². The molecule has 200 valence electrons. The number of allylic oxidation sites excluding steroid dienone is 3. The van der Waals surface area contributed by atoms with Crippen molar-refractivity contribution in [2.24, 2.45) is 0 Å². The molecule has 0 amide bonds. The van der Waals surface area contributed by atoms with Crippen LogP contribution in [0.1, 0.15) is 12.8 Å². The van der Waals surface area contributed by atoms with Gasteiger partial charge in [-0.15, -0.1) is 0 Å². The first-order valence-electron chi connectivity index (χ1n) is 14.4. The van der Waals surface area contributed by atoms with E-state index in [1.165, 1.54) is 16.5 Å². The molecule has 0 atom stereocenters. The van der Waals surface area contributed by atoms with Gasteiger partial charge in [0.25, 0.3) is 0 Å². The van der Waals surface area contributed by atoms with Crippen molar-refractivity contribution in [2.45, 2.75) is 12.8 Å². The van der Waals surface area contributed by atoms with Gasteiger partial charge in [-0.2, -0.15) is 0 Å². The normalized spacial score (nSPS) is 13.1. The number of hydrogen-bond donors (Lipinski definition) is 0. The van der Waals surface area contributed by atoms with Crippen LogP contribution >= 0.6 is 0 Å². The third-order valence-corrected chi connectivity index (χ3v) is 8.17. The van der Waals surface area contributed by atoms with E-state index in [0.29, 0.717) is 0 Å². The summed E-state index contributed by atoms with van der Waals surface area (Å²) in [4.78, 5) is 6.57. The van der Waals surface area contributed by atoms with Crippen molar-refractivity contribution < 1.29 is 4.42 Å². The molecular weight excluding hydrogens is 512 g/mol. The fraction of sp³-hybridized carbons (Fsp3) is 0.0513. The molecule has 8 rings (SSSR count). The molecule has 0 bridgehead atoms. The fourth-order valence-corrected chi connectivity index (χ4v) is 6.23. The summed E-state index contributed by atoms with van der Waals surface area (Å²) >= 11 is 0.